The molecule has 0 saturated carbocycles. The largest absolute Gasteiger partial charge is 0.497 e. The second-order valence-corrected chi connectivity index (χ2v) is 31.4. The summed E-state index contributed by atoms with van der Waals surface area (Å²) in [5.74, 6) is -8.89. The molecule has 10 atom stereocenters. The number of amides is 11. The number of carbonyl (C=O) groups is 12. The average molecular weight is 1550 g/mol. The molecule has 1 aromatic heterocycles. The van der Waals surface area contributed by atoms with Gasteiger partial charge in [0, 0.05) is 108 Å². The van der Waals surface area contributed by atoms with Crippen LogP contribution in [0, 0.1) is 5.82 Å². The number of halogens is 1. The van der Waals surface area contributed by atoms with E-state index in [4.69, 9.17) is 14.2 Å². The van der Waals surface area contributed by atoms with E-state index in [2.05, 4.69) is 69.0 Å². The minimum absolute atomic E-state index is 0.0333. The molecule has 112 heavy (non-hydrogen) atoms. The van der Waals surface area contributed by atoms with Crippen LogP contribution in [0.5, 0.6) is 5.75 Å². The lowest BCUT2D eigenvalue weighted by atomic mass is 9.95. The highest BCUT2D eigenvalue weighted by molar-refractivity contribution is 6.00. The number of methoxy groups -OCH3 is 1. The van der Waals surface area contributed by atoms with E-state index in [-0.39, 0.29) is 116 Å². The maximum Gasteiger partial charge on any atom is 0.246 e. The number of hydrogen-bond acceptors (Lipinski definition) is 16. The van der Waals surface area contributed by atoms with Gasteiger partial charge in [0.15, 0.2) is 0 Å². The number of aryl methyl sites for hydroxylation is 1. The molecule has 11 bridgehead atoms. The van der Waals surface area contributed by atoms with Crippen molar-refractivity contribution >= 4 is 81.7 Å². The monoisotopic (exact) mass is 1550 g/mol. The van der Waals surface area contributed by atoms with Gasteiger partial charge in [-0.1, -0.05) is 54.6 Å². The van der Waals surface area contributed by atoms with Crippen molar-refractivity contribution in [3.05, 3.63) is 136 Å². The average Bonchev–Trinajstić information content (AvgIpc) is 1.62. The van der Waals surface area contributed by atoms with Crippen molar-refractivity contribution < 1.29 is 85.7 Å². The summed E-state index contributed by atoms with van der Waals surface area (Å²) in [6.45, 7) is 5.18. The third kappa shape index (κ3) is 22.8. The van der Waals surface area contributed by atoms with Crippen molar-refractivity contribution in [1.29, 1.82) is 0 Å². The maximum absolute atomic E-state index is 16.2. The van der Waals surface area contributed by atoms with Crippen molar-refractivity contribution in [2.45, 2.75) is 216 Å². The zero-order chi connectivity index (χ0) is 80.4. The van der Waals surface area contributed by atoms with Crippen LogP contribution in [0.25, 0.3) is 10.9 Å². The SMILES string of the molecule is COc1ccc(C[C@@H]2NC(=O)[C@H]([C@@H](C)O)NC(=O)[C@@H]3[C@@H]4CCN3C(=O)[C@@H]3Cc5cn(c6ccc(F)cc56)CCCCOCc5cc(ccc5CNC(=O)CCC(=O)N[C@@H](C)C(=O)N[C@H](CCC(=O)CCCCC[N+](C)(C)C)C(=O)N[C@@H](Cc5cccc(c5)CNC(=O)CO4)C(=O)N3)CCNC(=O)[C@]3(C)CCCN3C2=O)cc1. The van der Waals surface area contributed by atoms with Gasteiger partial charge in [0.2, 0.25) is 65.0 Å². The molecular formula is C82H109FN13O16+. The Morgan fingerprint density at radius 1 is 0.661 bits per heavy atom. The van der Waals surface area contributed by atoms with E-state index in [0.717, 1.165) is 39.9 Å². The fraction of sp³-hybridized carbons (Fsp3) is 0.537. The molecule has 0 radical (unpaired) electrons. The first kappa shape index (κ1) is 84.3. The molecule has 6 heterocycles. The van der Waals surface area contributed by atoms with E-state index in [1.807, 2.05) is 22.8 Å². The number of aliphatic hydroxyl groups excluding tert-OH is 1. The first-order valence-electron chi connectivity index (χ1n) is 39.1. The van der Waals surface area contributed by atoms with Crippen LogP contribution in [0.3, 0.4) is 0 Å². The fourth-order valence-electron chi connectivity index (χ4n) is 15.2. The fourth-order valence-corrected chi connectivity index (χ4v) is 15.2. The molecule has 5 aromatic rings. The van der Waals surface area contributed by atoms with Crippen LogP contribution in [-0.2, 0) is 119 Å². The number of ketones is 1. The van der Waals surface area contributed by atoms with Gasteiger partial charge in [-0.15, -0.1) is 0 Å². The quantitative estimate of drug-likeness (QED) is 0.0598. The minimum Gasteiger partial charge on any atom is -0.497 e. The predicted molar refractivity (Wildman–Crippen MR) is 411 cm³/mol. The Labute approximate surface area is 652 Å². The molecule has 4 aromatic carbocycles. The summed E-state index contributed by atoms with van der Waals surface area (Å²) in [6, 6.07) is 12.2. The second kappa shape index (κ2) is 38.8. The number of unbranched alkanes of at least 4 members (excludes halogenated alkanes) is 2. The van der Waals surface area contributed by atoms with Gasteiger partial charge in [0.25, 0.3) is 0 Å². The van der Waals surface area contributed by atoms with Crippen LogP contribution in [0.4, 0.5) is 4.39 Å². The molecule has 5 aliphatic rings. The van der Waals surface area contributed by atoms with Gasteiger partial charge >= 0.3 is 0 Å². The summed E-state index contributed by atoms with van der Waals surface area (Å²) < 4.78 is 36.5. The van der Waals surface area contributed by atoms with Crippen LogP contribution in [-0.4, -0.2) is 222 Å². The number of hydrogen-bond donors (Lipinski definition) is 10. The summed E-state index contributed by atoms with van der Waals surface area (Å²) in [6.07, 6.45) is 1.20. The molecule has 2 fully saturated rings. The smallest absolute Gasteiger partial charge is 0.246 e. The summed E-state index contributed by atoms with van der Waals surface area (Å²) in [7, 11) is 7.72. The van der Waals surface area contributed by atoms with Gasteiger partial charge in [-0.3, -0.25) is 57.5 Å². The lowest BCUT2D eigenvalue weighted by molar-refractivity contribution is -0.870. The van der Waals surface area contributed by atoms with Gasteiger partial charge < -0.3 is 86.0 Å². The standard InChI is InChI=1S/C82H108FN13O16/c1-50-74(102)88-63(26-23-60(98)17-9-8-11-37-96(4,5)6)75(103)89-64-42-54-15-13-16-55(39-54)45-85-71(101)49-112-68-31-36-94-73(68)78(106)92-72(51(2)97)77(105)91-65(41-52-19-24-61(110-7)25-20-52)80(108)95-35-14-32-82(95,3)81(109)84-33-30-53-18-21-56(46-86-69(99)28-29-70(100)87-50)58(40-53)48-111-38-12-10-34-93-47-57(43-66(79(94)107)90-76(64)104)62-44-59(83)22-27-67(62)93/h13,15-16,18-22,24-25,27,39-40,44,47,50-51,63-66,68,72-73,97H,8-12,14,17,23,26,28-38,41-43,45-46,48-49H2,1-7H3,(H8-,84,85,86,87,88,89,90,91,92,99,100,101,102,103,104,105,106,109)/p+1/t50-,51+,63+,64-,65-,66-,68-,72-,73-,82-/m0/s1. The van der Waals surface area contributed by atoms with E-state index in [0.29, 0.717) is 83.1 Å². The Hall–Kier alpha value is -10.2. The van der Waals surface area contributed by atoms with Crippen molar-refractivity contribution in [1.82, 2.24) is 62.2 Å². The third-order valence-electron chi connectivity index (χ3n) is 21.6. The van der Waals surface area contributed by atoms with Crippen molar-refractivity contribution in [2.75, 3.05) is 67.6 Å². The van der Waals surface area contributed by atoms with Gasteiger partial charge in [0.1, 0.15) is 71.8 Å². The Balaban J connectivity index is 1.08. The van der Waals surface area contributed by atoms with Crippen molar-refractivity contribution in [3.63, 3.8) is 0 Å². The number of Topliss-reactive ketones (excluding diaryl/α,β-unsaturated/α-hetero) is 1. The van der Waals surface area contributed by atoms with E-state index in [1.54, 1.807) is 67.7 Å². The minimum atomic E-state index is -1.86. The molecule has 604 valence electrons. The highest BCUT2D eigenvalue weighted by Crippen LogP contribution is 2.33. The normalized spacial score (nSPS) is 24.8. The number of nitrogens with one attached hydrogen (secondary N) is 9. The summed E-state index contributed by atoms with van der Waals surface area (Å²) >= 11 is 0. The van der Waals surface area contributed by atoms with Crippen LogP contribution >= 0.6 is 0 Å². The zero-order valence-electron chi connectivity index (χ0n) is 65.2. The Bertz CT molecular complexity index is 4260. The third-order valence-corrected chi connectivity index (χ3v) is 21.6. The van der Waals surface area contributed by atoms with Crippen molar-refractivity contribution in [3.8, 4) is 5.75 Å². The highest BCUT2D eigenvalue weighted by Gasteiger charge is 2.50. The van der Waals surface area contributed by atoms with E-state index < -0.39 is 137 Å². The molecule has 30 heteroatoms. The molecule has 2 saturated heterocycles. The molecule has 0 aliphatic carbocycles. The number of rotatable bonds is 13. The van der Waals surface area contributed by atoms with Gasteiger partial charge in [-0.2, -0.15) is 0 Å². The Morgan fingerprint density at radius 3 is 2.18 bits per heavy atom. The number of aliphatic hydroxyl groups is 1. The number of carbonyl (C=O) groups excluding carboxylic acids is 12. The molecule has 10 rings (SSSR count). The van der Waals surface area contributed by atoms with Gasteiger partial charge in [0.05, 0.1) is 53.6 Å². The second-order valence-electron chi connectivity index (χ2n) is 31.4. The number of aromatic nitrogens is 1. The Kier molecular flexibility index (Phi) is 29.2. The molecule has 0 unspecified atom stereocenters. The molecule has 5 aliphatic heterocycles. The van der Waals surface area contributed by atoms with E-state index >= 15 is 33.2 Å². The van der Waals surface area contributed by atoms with Crippen molar-refractivity contribution in [2.24, 2.45) is 0 Å². The predicted octanol–water partition coefficient (Wildman–Crippen LogP) is 2.82. The van der Waals surface area contributed by atoms with Crippen LogP contribution in [0.2, 0.25) is 0 Å². The topological polar surface area (TPSA) is 372 Å². The lowest BCUT2D eigenvalue weighted by Crippen LogP contribution is -2.64. The molecule has 10 N–H and O–H groups in total. The zero-order valence-corrected chi connectivity index (χ0v) is 65.2. The molecule has 29 nitrogen and oxygen atoms in total. The molecular weight excluding hydrogens is 1440 g/mol. The van der Waals surface area contributed by atoms with E-state index in [1.165, 1.54) is 38.0 Å². The molecule has 11 amide bonds. The Morgan fingerprint density at radius 2 is 1.41 bits per heavy atom. The first-order chi connectivity index (χ1) is 53.5. The highest BCUT2D eigenvalue weighted by atomic mass is 19.1. The van der Waals surface area contributed by atoms with Crippen LogP contribution < -0.4 is 52.6 Å². The lowest BCUT2D eigenvalue weighted by Gasteiger charge is -2.37. The van der Waals surface area contributed by atoms with Crippen LogP contribution in [0.15, 0.2) is 91.1 Å². The summed E-state index contributed by atoms with van der Waals surface area (Å²) in [5.41, 5.74) is 3.29. The molecule has 0 spiro atoms. The number of fused-ring (bicyclic) bond motifs is 12. The number of benzene rings is 4. The first-order valence-corrected chi connectivity index (χ1v) is 39.1. The summed E-state index contributed by atoms with van der Waals surface area (Å²) in [4.78, 5) is 180. The van der Waals surface area contributed by atoms with Gasteiger partial charge in [-0.25, -0.2) is 4.39 Å². The maximum atomic E-state index is 16.2. The van der Waals surface area contributed by atoms with E-state index in [9.17, 15) is 33.9 Å². The summed E-state index contributed by atoms with van der Waals surface area (Å²) in [5, 5.41) is 37.3. The number of nitrogens with zero attached hydrogens (tertiary/aromatic N) is 4. The van der Waals surface area contributed by atoms with Crippen LogP contribution in [0.1, 0.15) is 143 Å². The van der Waals surface area contributed by atoms with Gasteiger partial charge in [-0.05, 0) is 154 Å². The number of quaternary nitrogens is 1. The number of ether oxygens (including phenoxy) is 3.